The standard InChI is InChI=1S/C19H22O2/c1-3-4-15-21-18(20)19(2,16-11-7-5-8-12-16)17-13-9-6-10-14-17/h5-14H,3-4,15H2,1-2H3. The highest BCUT2D eigenvalue weighted by atomic mass is 16.5. The average Bonchev–Trinajstić information content (AvgIpc) is 2.56. The maximum Gasteiger partial charge on any atom is 0.320 e. The molecular weight excluding hydrogens is 260 g/mol. The van der Waals surface area contributed by atoms with Crippen molar-refractivity contribution in [2.75, 3.05) is 6.61 Å². The van der Waals surface area contributed by atoms with E-state index >= 15 is 0 Å². The fourth-order valence-electron chi connectivity index (χ4n) is 2.40. The molecule has 0 N–H and O–H groups in total. The van der Waals surface area contributed by atoms with Crippen molar-refractivity contribution in [2.24, 2.45) is 0 Å². The number of rotatable bonds is 6. The van der Waals surface area contributed by atoms with Crippen LogP contribution in [0.2, 0.25) is 0 Å². The molecule has 0 unspecified atom stereocenters. The number of hydrogen-bond acceptors (Lipinski definition) is 2. The lowest BCUT2D eigenvalue weighted by atomic mass is 9.76. The van der Waals surface area contributed by atoms with Crippen molar-refractivity contribution >= 4 is 5.97 Å². The smallest absolute Gasteiger partial charge is 0.320 e. The van der Waals surface area contributed by atoms with E-state index in [1.54, 1.807) is 0 Å². The molecule has 0 amide bonds. The molecule has 2 rings (SSSR count). The predicted octanol–water partition coefficient (Wildman–Crippen LogP) is 4.34. The van der Waals surface area contributed by atoms with E-state index in [0.717, 1.165) is 24.0 Å². The van der Waals surface area contributed by atoms with Crippen molar-refractivity contribution in [3.63, 3.8) is 0 Å². The Bertz CT molecular complexity index is 521. The number of unbranched alkanes of at least 4 members (excludes halogenated alkanes) is 1. The Kier molecular flexibility index (Phi) is 5.15. The fraction of sp³-hybridized carbons (Fsp3) is 0.316. The van der Waals surface area contributed by atoms with Gasteiger partial charge in [0.1, 0.15) is 5.41 Å². The Morgan fingerprint density at radius 3 is 1.86 bits per heavy atom. The summed E-state index contributed by atoms with van der Waals surface area (Å²) < 4.78 is 5.52. The first-order valence-electron chi connectivity index (χ1n) is 7.48. The molecule has 0 fully saturated rings. The average molecular weight is 282 g/mol. The third kappa shape index (κ3) is 3.33. The van der Waals surface area contributed by atoms with Crippen molar-refractivity contribution in [1.82, 2.24) is 0 Å². The monoisotopic (exact) mass is 282 g/mol. The molecule has 2 heteroatoms. The molecule has 0 aliphatic heterocycles. The lowest BCUT2D eigenvalue weighted by molar-refractivity contribution is -0.148. The molecule has 0 aliphatic carbocycles. The highest BCUT2D eigenvalue weighted by molar-refractivity contribution is 5.87. The third-order valence-corrected chi connectivity index (χ3v) is 3.84. The van der Waals surface area contributed by atoms with E-state index in [2.05, 4.69) is 6.92 Å². The third-order valence-electron chi connectivity index (χ3n) is 3.84. The minimum atomic E-state index is -0.768. The van der Waals surface area contributed by atoms with E-state index in [9.17, 15) is 4.79 Å². The molecule has 2 aromatic carbocycles. The van der Waals surface area contributed by atoms with Gasteiger partial charge in [0.2, 0.25) is 0 Å². The highest BCUT2D eigenvalue weighted by Crippen LogP contribution is 2.33. The molecule has 110 valence electrons. The van der Waals surface area contributed by atoms with Crippen molar-refractivity contribution in [3.05, 3.63) is 71.8 Å². The molecule has 0 atom stereocenters. The van der Waals surface area contributed by atoms with Gasteiger partial charge in [-0.05, 0) is 24.5 Å². The predicted molar refractivity (Wildman–Crippen MR) is 85.2 cm³/mol. The fourth-order valence-corrected chi connectivity index (χ4v) is 2.40. The molecule has 0 spiro atoms. The molecule has 0 bridgehead atoms. The Balaban J connectivity index is 2.38. The summed E-state index contributed by atoms with van der Waals surface area (Å²) in [6.45, 7) is 4.50. The van der Waals surface area contributed by atoms with Gasteiger partial charge in [-0.1, -0.05) is 74.0 Å². The molecular formula is C19H22O2. The van der Waals surface area contributed by atoms with Gasteiger partial charge in [-0.15, -0.1) is 0 Å². The normalized spacial score (nSPS) is 11.1. The van der Waals surface area contributed by atoms with Gasteiger partial charge in [0.05, 0.1) is 6.61 Å². The summed E-state index contributed by atoms with van der Waals surface area (Å²) >= 11 is 0. The van der Waals surface area contributed by atoms with E-state index in [4.69, 9.17) is 4.74 Å². The molecule has 0 heterocycles. The lowest BCUT2D eigenvalue weighted by Gasteiger charge is -2.28. The highest BCUT2D eigenvalue weighted by Gasteiger charge is 2.38. The quantitative estimate of drug-likeness (QED) is 0.582. The second kappa shape index (κ2) is 7.07. The molecule has 0 aliphatic rings. The van der Waals surface area contributed by atoms with Crippen LogP contribution in [0.25, 0.3) is 0 Å². The van der Waals surface area contributed by atoms with Crippen LogP contribution in [0.15, 0.2) is 60.7 Å². The molecule has 0 radical (unpaired) electrons. The summed E-state index contributed by atoms with van der Waals surface area (Å²) in [7, 11) is 0. The second-order valence-electron chi connectivity index (χ2n) is 5.35. The van der Waals surface area contributed by atoms with Crippen molar-refractivity contribution in [3.8, 4) is 0 Å². The SMILES string of the molecule is CCCCOC(=O)C(C)(c1ccccc1)c1ccccc1. The topological polar surface area (TPSA) is 26.3 Å². The van der Waals surface area contributed by atoms with Gasteiger partial charge in [0, 0.05) is 0 Å². The minimum Gasteiger partial charge on any atom is -0.465 e. The second-order valence-corrected chi connectivity index (χ2v) is 5.35. The van der Waals surface area contributed by atoms with Gasteiger partial charge < -0.3 is 4.74 Å². The van der Waals surface area contributed by atoms with Crippen LogP contribution in [0.3, 0.4) is 0 Å². The summed E-state index contributed by atoms with van der Waals surface area (Å²) in [4.78, 5) is 12.7. The number of carbonyl (C=O) groups is 1. The van der Waals surface area contributed by atoms with Crippen LogP contribution in [-0.4, -0.2) is 12.6 Å². The maximum absolute atomic E-state index is 12.7. The maximum atomic E-state index is 12.7. The van der Waals surface area contributed by atoms with E-state index in [-0.39, 0.29) is 5.97 Å². The zero-order valence-corrected chi connectivity index (χ0v) is 12.7. The van der Waals surface area contributed by atoms with Gasteiger partial charge in [-0.25, -0.2) is 0 Å². The Morgan fingerprint density at radius 1 is 0.952 bits per heavy atom. The van der Waals surface area contributed by atoms with Crippen LogP contribution in [0.1, 0.15) is 37.8 Å². The first kappa shape index (κ1) is 15.3. The lowest BCUT2D eigenvalue weighted by Crippen LogP contribution is -2.35. The zero-order valence-electron chi connectivity index (χ0n) is 12.7. The van der Waals surface area contributed by atoms with E-state index in [0.29, 0.717) is 6.61 Å². The minimum absolute atomic E-state index is 0.187. The van der Waals surface area contributed by atoms with E-state index < -0.39 is 5.41 Å². The largest absolute Gasteiger partial charge is 0.465 e. The number of ether oxygens (including phenoxy) is 1. The van der Waals surface area contributed by atoms with Crippen LogP contribution >= 0.6 is 0 Å². The van der Waals surface area contributed by atoms with Gasteiger partial charge in [-0.3, -0.25) is 4.79 Å². The first-order chi connectivity index (χ1) is 10.2. The van der Waals surface area contributed by atoms with Crippen LogP contribution in [-0.2, 0) is 14.9 Å². The Morgan fingerprint density at radius 2 is 1.43 bits per heavy atom. The summed E-state index contributed by atoms with van der Waals surface area (Å²) in [5.74, 6) is -0.187. The first-order valence-corrected chi connectivity index (χ1v) is 7.48. The molecule has 0 saturated heterocycles. The zero-order chi connectivity index (χ0) is 15.1. The molecule has 0 saturated carbocycles. The van der Waals surface area contributed by atoms with E-state index in [1.165, 1.54) is 0 Å². The van der Waals surface area contributed by atoms with Gasteiger partial charge in [0.15, 0.2) is 0 Å². The van der Waals surface area contributed by atoms with E-state index in [1.807, 2.05) is 67.6 Å². The Labute approximate surface area is 126 Å². The van der Waals surface area contributed by atoms with Gasteiger partial charge in [0.25, 0.3) is 0 Å². The number of hydrogen-bond donors (Lipinski definition) is 0. The number of carbonyl (C=O) groups excluding carboxylic acids is 1. The van der Waals surface area contributed by atoms with Crippen LogP contribution in [0, 0.1) is 0 Å². The van der Waals surface area contributed by atoms with Crippen molar-refractivity contribution < 1.29 is 9.53 Å². The summed E-state index contributed by atoms with van der Waals surface area (Å²) in [5, 5.41) is 0. The van der Waals surface area contributed by atoms with Gasteiger partial charge in [-0.2, -0.15) is 0 Å². The summed E-state index contributed by atoms with van der Waals surface area (Å²) in [6, 6.07) is 19.6. The van der Waals surface area contributed by atoms with Crippen molar-refractivity contribution in [1.29, 1.82) is 0 Å². The molecule has 2 nitrogen and oxygen atoms in total. The van der Waals surface area contributed by atoms with Gasteiger partial charge >= 0.3 is 5.97 Å². The Hall–Kier alpha value is -2.09. The molecule has 0 aromatic heterocycles. The van der Waals surface area contributed by atoms with Crippen LogP contribution in [0.5, 0.6) is 0 Å². The summed E-state index contributed by atoms with van der Waals surface area (Å²) in [6.07, 6.45) is 1.91. The molecule has 21 heavy (non-hydrogen) atoms. The number of esters is 1. The van der Waals surface area contributed by atoms with Crippen LogP contribution in [0.4, 0.5) is 0 Å². The molecule has 2 aromatic rings. The van der Waals surface area contributed by atoms with Crippen molar-refractivity contribution in [2.45, 2.75) is 32.1 Å². The number of benzene rings is 2. The van der Waals surface area contributed by atoms with Crippen LogP contribution < -0.4 is 0 Å². The summed E-state index contributed by atoms with van der Waals surface area (Å²) in [5.41, 5.74) is 1.14.